The highest BCUT2D eigenvalue weighted by Crippen LogP contribution is 2.49. The molecule has 1 spiro atoms. The van der Waals surface area contributed by atoms with Gasteiger partial charge in [0, 0.05) is 67.0 Å². The summed E-state index contributed by atoms with van der Waals surface area (Å²) in [4.78, 5) is 12.8. The van der Waals surface area contributed by atoms with E-state index in [0.29, 0.717) is 6.54 Å². The van der Waals surface area contributed by atoms with Crippen LogP contribution < -0.4 is 4.74 Å². The van der Waals surface area contributed by atoms with Crippen molar-refractivity contribution in [1.29, 1.82) is 0 Å². The SMILES string of the molecule is COc1ccc2c3c([nH]c2c1)[C@@H](CO)N(Cc1cccc(F)c1)CC31CN(Cc2ccccn2)C1. The second-order valence-corrected chi connectivity index (χ2v) is 9.81. The fourth-order valence-corrected chi connectivity index (χ4v) is 6.05. The molecule has 0 bridgehead atoms. The number of halogens is 1. The Bertz CT molecular complexity index is 1350. The van der Waals surface area contributed by atoms with E-state index in [2.05, 4.69) is 31.9 Å². The number of likely N-dealkylation sites (tertiary alicyclic amines) is 1. The molecule has 7 heteroatoms. The summed E-state index contributed by atoms with van der Waals surface area (Å²) in [7, 11) is 1.67. The van der Waals surface area contributed by atoms with Crippen LogP contribution >= 0.6 is 0 Å². The molecule has 0 saturated carbocycles. The van der Waals surface area contributed by atoms with Gasteiger partial charge in [0.05, 0.1) is 25.5 Å². The van der Waals surface area contributed by atoms with E-state index in [1.807, 2.05) is 36.5 Å². The number of methoxy groups -OCH3 is 1. The van der Waals surface area contributed by atoms with Gasteiger partial charge < -0.3 is 14.8 Å². The number of hydrogen-bond acceptors (Lipinski definition) is 5. The average Bonchev–Trinajstić information content (AvgIpc) is 3.23. The number of H-pyrrole nitrogens is 1. The first-order chi connectivity index (χ1) is 17.1. The molecule has 35 heavy (non-hydrogen) atoms. The van der Waals surface area contributed by atoms with Crippen molar-refractivity contribution in [2.45, 2.75) is 24.5 Å². The maximum absolute atomic E-state index is 13.9. The second-order valence-electron chi connectivity index (χ2n) is 9.81. The minimum Gasteiger partial charge on any atom is -0.497 e. The van der Waals surface area contributed by atoms with Crippen LogP contribution in [0.1, 0.15) is 28.6 Å². The van der Waals surface area contributed by atoms with E-state index in [0.717, 1.165) is 54.4 Å². The van der Waals surface area contributed by atoms with Gasteiger partial charge in [-0.1, -0.05) is 18.2 Å². The Labute approximate surface area is 204 Å². The number of nitrogens with zero attached hydrogens (tertiary/aromatic N) is 3. The first-order valence-electron chi connectivity index (χ1n) is 12.0. The fraction of sp³-hybridized carbons (Fsp3) is 0.321. The predicted molar refractivity (Wildman–Crippen MR) is 133 cm³/mol. The Hall–Kier alpha value is -3.26. The molecule has 0 unspecified atom stereocenters. The quantitative estimate of drug-likeness (QED) is 0.444. The molecular weight excluding hydrogens is 443 g/mol. The summed E-state index contributed by atoms with van der Waals surface area (Å²) < 4.78 is 19.4. The maximum Gasteiger partial charge on any atom is 0.123 e. The van der Waals surface area contributed by atoms with Gasteiger partial charge in [0.15, 0.2) is 0 Å². The van der Waals surface area contributed by atoms with Gasteiger partial charge in [0.2, 0.25) is 0 Å². The third-order valence-electron chi connectivity index (χ3n) is 7.46. The Balaban J connectivity index is 1.39. The first-order valence-corrected chi connectivity index (χ1v) is 12.0. The molecule has 1 saturated heterocycles. The molecule has 1 fully saturated rings. The number of aliphatic hydroxyl groups is 1. The van der Waals surface area contributed by atoms with Crippen LogP contribution in [0.15, 0.2) is 66.9 Å². The number of aromatic nitrogens is 2. The molecular formula is C28H29FN4O2. The lowest BCUT2D eigenvalue weighted by molar-refractivity contribution is -0.0124. The molecule has 6 rings (SSSR count). The highest BCUT2D eigenvalue weighted by molar-refractivity contribution is 5.88. The molecule has 2 aliphatic rings. The Morgan fingerprint density at radius 2 is 1.97 bits per heavy atom. The molecule has 0 amide bonds. The van der Waals surface area contributed by atoms with Crippen molar-refractivity contribution in [1.82, 2.24) is 19.8 Å². The molecule has 2 aliphatic heterocycles. The van der Waals surface area contributed by atoms with Gasteiger partial charge in [-0.3, -0.25) is 14.8 Å². The summed E-state index contributed by atoms with van der Waals surface area (Å²) >= 11 is 0. The zero-order chi connectivity index (χ0) is 24.0. The highest BCUT2D eigenvalue weighted by Gasteiger charge is 2.52. The number of benzene rings is 2. The second kappa shape index (κ2) is 8.75. The van der Waals surface area contributed by atoms with E-state index in [1.54, 1.807) is 19.2 Å². The van der Waals surface area contributed by atoms with Crippen molar-refractivity contribution >= 4 is 10.9 Å². The van der Waals surface area contributed by atoms with E-state index >= 15 is 0 Å². The number of fused-ring (bicyclic) bond motifs is 4. The molecule has 2 aromatic heterocycles. The van der Waals surface area contributed by atoms with Gasteiger partial charge in [0.25, 0.3) is 0 Å². The van der Waals surface area contributed by atoms with Crippen molar-refractivity contribution in [3.63, 3.8) is 0 Å². The van der Waals surface area contributed by atoms with Gasteiger partial charge in [-0.05, 0) is 47.5 Å². The summed E-state index contributed by atoms with van der Waals surface area (Å²) in [5.74, 6) is 0.561. The van der Waals surface area contributed by atoms with Crippen molar-refractivity contribution in [2.24, 2.45) is 0 Å². The van der Waals surface area contributed by atoms with Crippen LogP contribution in [0, 0.1) is 5.82 Å². The van der Waals surface area contributed by atoms with Gasteiger partial charge >= 0.3 is 0 Å². The van der Waals surface area contributed by atoms with Crippen molar-refractivity contribution in [2.75, 3.05) is 33.4 Å². The predicted octanol–water partition coefficient (Wildman–Crippen LogP) is 4.01. The van der Waals surface area contributed by atoms with E-state index < -0.39 is 0 Å². The fourth-order valence-electron chi connectivity index (χ4n) is 6.05. The summed E-state index contributed by atoms with van der Waals surface area (Å²) in [5.41, 5.74) is 5.24. The van der Waals surface area contributed by atoms with Crippen LogP contribution in [-0.4, -0.2) is 58.2 Å². The van der Waals surface area contributed by atoms with Crippen LogP contribution in [0.4, 0.5) is 4.39 Å². The normalized spacial score (nSPS) is 19.6. The molecule has 0 aliphatic carbocycles. The number of aromatic amines is 1. The molecule has 4 aromatic rings. The number of rotatable bonds is 6. The number of hydrogen-bond donors (Lipinski definition) is 2. The topological polar surface area (TPSA) is 64.6 Å². The maximum atomic E-state index is 13.9. The molecule has 180 valence electrons. The summed E-state index contributed by atoms with van der Waals surface area (Å²) in [6, 6.07) is 18.7. The van der Waals surface area contributed by atoms with Crippen LogP contribution in [0.25, 0.3) is 10.9 Å². The van der Waals surface area contributed by atoms with Crippen LogP contribution in [0.2, 0.25) is 0 Å². The van der Waals surface area contributed by atoms with Crippen LogP contribution in [0.5, 0.6) is 5.75 Å². The Kier molecular flexibility index (Phi) is 5.56. The van der Waals surface area contributed by atoms with Gasteiger partial charge in [-0.15, -0.1) is 0 Å². The lowest BCUT2D eigenvalue weighted by Crippen LogP contribution is -2.65. The van der Waals surface area contributed by atoms with Gasteiger partial charge in [-0.2, -0.15) is 0 Å². The van der Waals surface area contributed by atoms with Crippen molar-refractivity contribution in [3.8, 4) is 5.75 Å². The molecule has 1 atom stereocenters. The zero-order valence-electron chi connectivity index (χ0n) is 19.7. The Morgan fingerprint density at radius 3 is 2.71 bits per heavy atom. The summed E-state index contributed by atoms with van der Waals surface area (Å²) in [6.45, 7) is 3.95. The lowest BCUT2D eigenvalue weighted by atomic mass is 9.68. The largest absolute Gasteiger partial charge is 0.497 e. The Morgan fingerprint density at radius 1 is 1.09 bits per heavy atom. The number of aliphatic hydroxyl groups excluding tert-OH is 1. The third-order valence-corrected chi connectivity index (χ3v) is 7.46. The summed E-state index contributed by atoms with van der Waals surface area (Å²) in [6.07, 6.45) is 1.84. The average molecular weight is 473 g/mol. The first kappa shape index (κ1) is 22.2. The van der Waals surface area contributed by atoms with E-state index in [4.69, 9.17) is 4.74 Å². The van der Waals surface area contributed by atoms with Crippen LogP contribution in [-0.2, 0) is 18.5 Å². The van der Waals surface area contributed by atoms with E-state index in [1.165, 1.54) is 17.0 Å². The van der Waals surface area contributed by atoms with Gasteiger partial charge in [-0.25, -0.2) is 4.39 Å². The number of nitrogens with one attached hydrogen (secondary N) is 1. The standard InChI is InChI=1S/C28H29FN4O2/c1-35-22-8-9-23-24(12-22)31-27-25(15-34)33(13-19-5-4-6-20(29)11-19)18-28(26(23)27)16-32(17-28)14-21-7-2-3-10-30-21/h2-12,25,31,34H,13-18H2,1H3/t25-/m1/s1. The van der Waals surface area contributed by atoms with Crippen LogP contribution in [0.3, 0.4) is 0 Å². The summed E-state index contributed by atoms with van der Waals surface area (Å²) in [5, 5.41) is 11.7. The molecule has 0 radical (unpaired) electrons. The molecule has 6 nitrogen and oxygen atoms in total. The van der Waals surface area contributed by atoms with E-state index in [9.17, 15) is 9.50 Å². The van der Waals surface area contributed by atoms with Crippen molar-refractivity contribution < 1.29 is 14.2 Å². The highest BCUT2D eigenvalue weighted by atomic mass is 19.1. The smallest absolute Gasteiger partial charge is 0.123 e. The number of ether oxygens (including phenoxy) is 1. The molecule has 2 aromatic carbocycles. The van der Waals surface area contributed by atoms with Crippen molar-refractivity contribution in [3.05, 3.63) is 95.2 Å². The number of pyridine rings is 1. The minimum atomic E-state index is -0.238. The van der Waals surface area contributed by atoms with E-state index in [-0.39, 0.29) is 23.9 Å². The van der Waals surface area contributed by atoms with Gasteiger partial charge in [0.1, 0.15) is 11.6 Å². The molecule has 2 N–H and O–H groups in total. The molecule has 4 heterocycles. The minimum absolute atomic E-state index is 0.0139. The monoisotopic (exact) mass is 472 g/mol. The zero-order valence-corrected chi connectivity index (χ0v) is 19.7. The lowest BCUT2D eigenvalue weighted by Gasteiger charge is -2.56. The third kappa shape index (κ3) is 3.89.